The number of hydrogen-bond acceptors (Lipinski definition) is 5. The Labute approximate surface area is 95.2 Å². The number of primary amides is 1. The molecule has 1 rings (SSSR count). The summed E-state index contributed by atoms with van der Waals surface area (Å²) in [5.74, 6) is 0. The molecule has 6 nitrogen and oxygen atoms in total. The minimum atomic E-state index is -1.57. The summed E-state index contributed by atoms with van der Waals surface area (Å²) in [5.41, 5.74) is 3.30. The van der Waals surface area contributed by atoms with Gasteiger partial charge in [0, 0.05) is 0 Å². The van der Waals surface area contributed by atoms with Gasteiger partial charge in [-0.15, -0.1) is 0 Å². The molecule has 4 atom stereocenters. The molecule has 1 fully saturated rings. The molecule has 0 bridgehead atoms. The van der Waals surface area contributed by atoms with E-state index in [0.717, 1.165) is 0 Å². The van der Waals surface area contributed by atoms with Crippen molar-refractivity contribution in [3.05, 3.63) is 0 Å². The Hall–Kier alpha value is -0.370. The molecule has 1 aliphatic rings. The molecule has 1 amide bonds. The zero-order valence-electron chi connectivity index (χ0n) is 7.97. The van der Waals surface area contributed by atoms with Crippen molar-refractivity contribution in [1.29, 1.82) is 0 Å². The fraction of sp³-hybridized carbons (Fsp3) is 0.875. The summed E-state index contributed by atoms with van der Waals surface area (Å²) in [7, 11) is 0. The van der Waals surface area contributed by atoms with Crippen molar-refractivity contribution in [2.45, 2.75) is 35.5 Å². The van der Waals surface area contributed by atoms with E-state index in [0.29, 0.717) is 12.8 Å². The number of carbonyl (C=O) groups excluding carboxylic acids is 1. The van der Waals surface area contributed by atoms with Crippen molar-refractivity contribution < 1.29 is 24.9 Å². The summed E-state index contributed by atoms with van der Waals surface area (Å²) in [6.45, 7) is -0.607. The van der Waals surface area contributed by atoms with E-state index in [9.17, 15) is 20.1 Å². The average molecular weight is 284 g/mol. The summed E-state index contributed by atoms with van der Waals surface area (Å²) in [5, 5.41) is 28.4. The smallest absolute Gasteiger partial charge is 0.405 e. The molecule has 7 heteroatoms. The zero-order valence-corrected chi connectivity index (χ0v) is 9.55. The van der Waals surface area contributed by atoms with E-state index in [4.69, 9.17) is 10.5 Å². The molecule has 1 aliphatic carbocycles. The van der Waals surface area contributed by atoms with E-state index in [2.05, 4.69) is 15.9 Å². The van der Waals surface area contributed by atoms with Gasteiger partial charge in [-0.1, -0.05) is 15.9 Å². The van der Waals surface area contributed by atoms with Crippen LogP contribution < -0.4 is 5.73 Å². The molecule has 1 saturated carbocycles. The van der Waals surface area contributed by atoms with Gasteiger partial charge >= 0.3 is 6.09 Å². The van der Waals surface area contributed by atoms with E-state index in [-0.39, 0.29) is 0 Å². The summed E-state index contributed by atoms with van der Waals surface area (Å²) in [6.07, 6.45) is -2.66. The number of amides is 1. The van der Waals surface area contributed by atoms with Gasteiger partial charge in [-0.25, -0.2) is 4.79 Å². The number of alkyl halides is 1. The fourth-order valence-electron chi connectivity index (χ4n) is 1.77. The number of nitrogens with two attached hydrogens (primary N) is 1. The molecule has 88 valence electrons. The highest BCUT2D eigenvalue weighted by Gasteiger charge is 2.53. The lowest BCUT2D eigenvalue weighted by Crippen LogP contribution is -2.63. The normalized spacial score (nSPS) is 41.2. The fourth-order valence-corrected chi connectivity index (χ4v) is 2.54. The van der Waals surface area contributed by atoms with Crippen LogP contribution in [-0.2, 0) is 4.74 Å². The molecule has 0 aromatic heterocycles. The maximum atomic E-state index is 10.7. The van der Waals surface area contributed by atoms with Gasteiger partial charge in [-0.2, -0.15) is 0 Å². The number of rotatable bonds is 2. The standard InChI is InChI=1S/C8H14BrNO5/c9-5-2-1-4(12)6(13)8(5,3-11)15-7(10)14/h4-6,11-13H,1-3H2,(H2,10,14)/t4-,5-,6+,8?/m1/s1. The topological polar surface area (TPSA) is 113 Å². The number of halogens is 1. The first-order valence-electron chi connectivity index (χ1n) is 4.53. The van der Waals surface area contributed by atoms with Gasteiger partial charge in [-0.05, 0) is 12.8 Å². The summed E-state index contributed by atoms with van der Waals surface area (Å²) in [4.78, 5) is 10.3. The minimum Gasteiger partial charge on any atom is -0.437 e. The lowest BCUT2D eigenvalue weighted by atomic mass is 9.80. The third-order valence-corrected chi connectivity index (χ3v) is 3.88. The predicted octanol–water partition coefficient (Wildman–Crippen LogP) is -0.908. The van der Waals surface area contributed by atoms with Crippen LogP contribution >= 0.6 is 15.9 Å². The summed E-state index contributed by atoms with van der Waals surface area (Å²) < 4.78 is 4.75. The second-order valence-electron chi connectivity index (χ2n) is 3.59. The minimum absolute atomic E-state index is 0.362. The van der Waals surface area contributed by atoms with Crippen LogP contribution in [0.15, 0.2) is 0 Å². The Balaban J connectivity index is 2.94. The molecular formula is C8H14BrNO5. The highest BCUT2D eigenvalue weighted by Crippen LogP contribution is 2.36. The molecule has 0 spiro atoms. The quantitative estimate of drug-likeness (QED) is 0.490. The molecule has 0 aromatic rings. The summed E-state index contributed by atoms with van der Waals surface area (Å²) in [6, 6.07) is 0. The molecule has 0 aliphatic heterocycles. The Kier molecular flexibility index (Phi) is 3.93. The Morgan fingerprint density at radius 2 is 2.13 bits per heavy atom. The summed E-state index contributed by atoms with van der Waals surface area (Å²) >= 11 is 3.20. The Morgan fingerprint density at radius 3 is 2.60 bits per heavy atom. The van der Waals surface area contributed by atoms with Gasteiger partial charge in [0.05, 0.1) is 17.5 Å². The molecule has 15 heavy (non-hydrogen) atoms. The lowest BCUT2D eigenvalue weighted by Gasteiger charge is -2.44. The zero-order chi connectivity index (χ0) is 11.6. The van der Waals surface area contributed by atoms with Gasteiger partial charge in [0.25, 0.3) is 0 Å². The van der Waals surface area contributed by atoms with Crippen LogP contribution in [-0.4, -0.2) is 50.7 Å². The maximum Gasteiger partial charge on any atom is 0.405 e. The molecule has 5 N–H and O–H groups in total. The first-order chi connectivity index (χ1) is 6.94. The third kappa shape index (κ3) is 2.25. The molecule has 0 saturated heterocycles. The van der Waals surface area contributed by atoms with E-state index in [1.807, 2.05) is 0 Å². The van der Waals surface area contributed by atoms with Crippen LogP contribution in [0.2, 0.25) is 0 Å². The Morgan fingerprint density at radius 1 is 1.53 bits per heavy atom. The van der Waals surface area contributed by atoms with Crippen molar-refractivity contribution in [3.63, 3.8) is 0 Å². The van der Waals surface area contributed by atoms with Crippen LogP contribution in [0.4, 0.5) is 4.79 Å². The van der Waals surface area contributed by atoms with Crippen molar-refractivity contribution >= 4 is 22.0 Å². The first-order valence-corrected chi connectivity index (χ1v) is 5.45. The van der Waals surface area contributed by atoms with E-state index >= 15 is 0 Å². The molecule has 0 radical (unpaired) electrons. The second-order valence-corrected chi connectivity index (χ2v) is 4.70. The van der Waals surface area contributed by atoms with Gasteiger partial charge in [-0.3, -0.25) is 0 Å². The molecule has 0 aromatic carbocycles. The first kappa shape index (κ1) is 12.7. The number of hydrogen-bond donors (Lipinski definition) is 4. The highest BCUT2D eigenvalue weighted by atomic mass is 79.9. The van der Waals surface area contributed by atoms with Crippen molar-refractivity contribution in [1.82, 2.24) is 0 Å². The number of carbonyl (C=O) groups is 1. The Bertz CT molecular complexity index is 251. The van der Waals surface area contributed by atoms with Gasteiger partial charge in [0.2, 0.25) is 0 Å². The van der Waals surface area contributed by atoms with Gasteiger partial charge in [0.15, 0.2) is 5.60 Å². The van der Waals surface area contributed by atoms with Crippen LogP contribution in [0.1, 0.15) is 12.8 Å². The van der Waals surface area contributed by atoms with Crippen LogP contribution in [0, 0.1) is 0 Å². The number of aliphatic hydroxyl groups excluding tert-OH is 3. The second kappa shape index (κ2) is 4.65. The van der Waals surface area contributed by atoms with Crippen molar-refractivity contribution in [3.8, 4) is 0 Å². The number of aliphatic hydroxyl groups is 3. The predicted molar refractivity (Wildman–Crippen MR) is 54.4 cm³/mol. The van der Waals surface area contributed by atoms with Crippen LogP contribution in [0.3, 0.4) is 0 Å². The maximum absolute atomic E-state index is 10.7. The van der Waals surface area contributed by atoms with Crippen LogP contribution in [0.25, 0.3) is 0 Å². The molecular weight excluding hydrogens is 270 g/mol. The molecule has 0 heterocycles. The lowest BCUT2D eigenvalue weighted by molar-refractivity contribution is -0.162. The van der Waals surface area contributed by atoms with Crippen molar-refractivity contribution in [2.24, 2.45) is 5.73 Å². The highest BCUT2D eigenvalue weighted by molar-refractivity contribution is 9.09. The largest absolute Gasteiger partial charge is 0.437 e. The average Bonchev–Trinajstić information content (AvgIpc) is 2.18. The number of ether oxygens (including phenoxy) is 1. The monoisotopic (exact) mass is 283 g/mol. The van der Waals surface area contributed by atoms with Gasteiger partial charge in [0.1, 0.15) is 6.10 Å². The van der Waals surface area contributed by atoms with E-state index < -0.39 is 35.3 Å². The van der Waals surface area contributed by atoms with Crippen molar-refractivity contribution in [2.75, 3.05) is 6.61 Å². The van der Waals surface area contributed by atoms with Crippen LogP contribution in [0.5, 0.6) is 0 Å². The molecule has 1 unspecified atom stereocenters. The SMILES string of the molecule is NC(=O)OC1(CO)[C@H](Br)CC[C@@H](O)[C@@H]1O. The van der Waals surface area contributed by atoms with E-state index in [1.54, 1.807) is 0 Å². The van der Waals surface area contributed by atoms with Gasteiger partial charge < -0.3 is 25.8 Å². The van der Waals surface area contributed by atoms with E-state index in [1.165, 1.54) is 0 Å². The third-order valence-electron chi connectivity index (χ3n) is 2.65.